The molecule has 0 aliphatic heterocycles. The van der Waals surface area contributed by atoms with Crippen LogP contribution in [-0.2, 0) is 32.6 Å². The molecule has 0 saturated heterocycles. The van der Waals surface area contributed by atoms with Gasteiger partial charge in [-0.15, -0.1) is 0 Å². The molecule has 1 aliphatic rings. The number of benzene rings is 3. The van der Waals surface area contributed by atoms with Crippen LogP contribution in [0.5, 0.6) is 0 Å². The van der Waals surface area contributed by atoms with Crippen LogP contribution in [0.15, 0.2) is 78.9 Å². The molecule has 9 heteroatoms. The number of hydrogen-bond acceptors (Lipinski definition) is 4. The minimum Gasteiger partial charge on any atom is -0.352 e. The van der Waals surface area contributed by atoms with Gasteiger partial charge in [0.25, 0.3) is 0 Å². The predicted octanol–water partition coefficient (Wildman–Crippen LogP) is 5.77. The number of sulfonamides is 1. The first-order valence-corrected chi connectivity index (χ1v) is 16.9. The van der Waals surface area contributed by atoms with Gasteiger partial charge in [-0.1, -0.05) is 79.9 Å². The molecule has 0 bridgehead atoms. The fourth-order valence-electron chi connectivity index (χ4n) is 5.71. The van der Waals surface area contributed by atoms with Crippen LogP contribution in [0, 0.1) is 12.7 Å². The summed E-state index contributed by atoms with van der Waals surface area (Å²) in [6.45, 7) is 2.10. The number of nitrogens with zero attached hydrogens (tertiary/aromatic N) is 2. The van der Waals surface area contributed by atoms with Crippen LogP contribution >= 0.6 is 0 Å². The fourth-order valence-corrected chi connectivity index (χ4v) is 6.73. The summed E-state index contributed by atoms with van der Waals surface area (Å²) in [6.07, 6.45) is 6.89. The Morgan fingerprint density at radius 1 is 0.907 bits per heavy atom. The maximum atomic E-state index is 14.0. The van der Waals surface area contributed by atoms with Gasteiger partial charge in [-0.05, 0) is 61.1 Å². The van der Waals surface area contributed by atoms with Crippen LogP contribution in [0.2, 0.25) is 0 Å². The van der Waals surface area contributed by atoms with Crippen molar-refractivity contribution in [2.45, 2.75) is 76.9 Å². The van der Waals surface area contributed by atoms with E-state index in [1.807, 2.05) is 49.4 Å². The highest BCUT2D eigenvalue weighted by Gasteiger charge is 2.32. The Kier molecular flexibility index (Phi) is 11.3. The van der Waals surface area contributed by atoms with E-state index in [9.17, 15) is 22.4 Å². The molecule has 1 aliphatic carbocycles. The largest absolute Gasteiger partial charge is 0.352 e. The van der Waals surface area contributed by atoms with Crippen molar-refractivity contribution in [2.24, 2.45) is 0 Å². The van der Waals surface area contributed by atoms with E-state index < -0.39 is 16.1 Å². The van der Waals surface area contributed by atoms with Gasteiger partial charge < -0.3 is 10.2 Å². The quantitative estimate of drug-likeness (QED) is 0.267. The first kappa shape index (κ1) is 32.2. The Balaban J connectivity index is 1.59. The molecule has 7 nitrogen and oxygen atoms in total. The lowest BCUT2D eigenvalue weighted by atomic mass is 9.94. The SMILES string of the molecule is Cc1ccccc1N(CCCC(=O)N(Cc1ccc(F)cc1)[C@@H](Cc1ccccc1)C(=O)NC1CCCCC1)S(C)(=O)=O. The summed E-state index contributed by atoms with van der Waals surface area (Å²) in [4.78, 5) is 29.5. The first-order valence-electron chi connectivity index (χ1n) is 15.0. The maximum absolute atomic E-state index is 14.0. The van der Waals surface area contributed by atoms with Crippen molar-refractivity contribution in [3.05, 3.63) is 101 Å². The number of para-hydroxylation sites is 1. The second-order valence-electron chi connectivity index (χ2n) is 11.4. The number of carbonyl (C=O) groups is 2. The van der Waals surface area contributed by atoms with Crippen molar-refractivity contribution in [1.29, 1.82) is 0 Å². The zero-order valence-electron chi connectivity index (χ0n) is 25.0. The summed E-state index contributed by atoms with van der Waals surface area (Å²) in [6, 6.07) is 22.1. The summed E-state index contributed by atoms with van der Waals surface area (Å²) < 4.78 is 40.5. The molecule has 3 aromatic rings. The smallest absolute Gasteiger partial charge is 0.243 e. The topological polar surface area (TPSA) is 86.8 Å². The molecule has 0 radical (unpaired) electrons. The van der Waals surface area contributed by atoms with Crippen molar-refractivity contribution in [3.8, 4) is 0 Å². The van der Waals surface area contributed by atoms with Gasteiger partial charge in [0, 0.05) is 32.0 Å². The van der Waals surface area contributed by atoms with Crippen molar-refractivity contribution >= 4 is 27.5 Å². The van der Waals surface area contributed by atoms with E-state index in [0.29, 0.717) is 17.7 Å². The lowest BCUT2D eigenvalue weighted by Crippen LogP contribution is -2.52. The summed E-state index contributed by atoms with van der Waals surface area (Å²) in [5.74, 6) is -0.847. The zero-order valence-corrected chi connectivity index (χ0v) is 25.9. The van der Waals surface area contributed by atoms with Crippen molar-refractivity contribution in [1.82, 2.24) is 10.2 Å². The van der Waals surface area contributed by atoms with Crippen molar-refractivity contribution < 1.29 is 22.4 Å². The third-order valence-corrected chi connectivity index (χ3v) is 9.21. The van der Waals surface area contributed by atoms with Gasteiger partial charge in [-0.25, -0.2) is 12.8 Å². The molecule has 43 heavy (non-hydrogen) atoms. The monoisotopic (exact) mass is 607 g/mol. The van der Waals surface area contributed by atoms with Crippen LogP contribution in [0.3, 0.4) is 0 Å². The fraction of sp³-hybridized carbons (Fsp3) is 0.412. The molecule has 1 atom stereocenters. The van der Waals surface area contributed by atoms with E-state index in [-0.39, 0.29) is 49.6 Å². The van der Waals surface area contributed by atoms with Gasteiger partial charge in [0.2, 0.25) is 21.8 Å². The third-order valence-electron chi connectivity index (χ3n) is 8.03. The molecule has 1 fully saturated rings. The molecule has 1 N–H and O–H groups in total. The van der Waals surface area contributed by atoms with Gasteiger partial charge in [0.15, 0.2) is 0 Å². The summed E-state index contributed by atoms with van der Waals surface area (Å²) in [7, 11) is -3.59. The minimum absolute atomic E-state index is 0.0428. The lowest BCUT2D eigenvalue weighted by molar-refractivity contribution is -0.141. The first-order chi connectivity index (χ1) is 20.6. The third kappa shape index (κ3) is 9.38. The highest BCUT2D eigenvalue weighted by Crippen LogP contribution is 2.24. The van der Waals surface area contributed by atoms with Gasteiger partial charge >= 0.3 is 0 Å². The van der Waals surface area contributed by atoms with E-state index in [0.717, 1.165) is 49.5 Å². The highest BCUT2D eigenvalue weighted by atomic mass is 32.2. The average molecular weight is 608 g/mol. The van der Waals surface area contributed by atoms with Crippen LogP contribution < -0.4 is 9.62 Å². The van der Waals surface area contributed by atoms with Crippen LogP contribution in [-0.4, -0.2) is 50.0 Å². The summed E-state index contributed by atoms with van der Waals surface area (Å²) in [5, 5.41) is 3.21. The molecule has 3 aromatic carbocycles. The number of aryl methyl sites for hydroxylation is 1. The molecule has 0 unspecified atom stereocenters. The molecule has 0 spiro atoms. The average Bonchev–Trinajstić information content (AvgIpc) is 2.99. The number of nitrogens with one attached hydrogen (secondary N) is 1. The second kappa shape index (κ2) is 15.1. The van der Waals surface area contributed by atoms with Crippen LogP contribution in [0.1, 0.15) is 61.6 Å². The van der Waals surface area contributed by atoms with Crippen LogP contribution in [0.25, 0.3) is 0 Å². The molecule has 1 saturated carbocycles. The Labute approximate surface area is 255 Å². The van der Waals surface area contributed by atoms with E-state index >= 15 is 0 Å². The predicted molar refractivity (Wildman–Crippen MR) is 169 cm³/mol. The van der Waals surface area contributed by atoms with Gasteiger partial charge in [0.1, 0.15) is 11.9 Å². The number of carbonyl (C=O) groups excluding carboxylic acids is 2. The highest BCUT2D eigenvalue weighted by molar-refractivity contribution is 7.92. The van der Waals surface area contributed by atoms with E-state index in [1.165, 1.54) is 16.4 Å². The van der Waals surface area contributed by atoms with E-state index in [4.69, 9.17) is 0 Å². The minimum atomic E-state index is -3.59. The van der Waals surface area contributed by atoms with Crippen LogP contribution in [0.4, 0.5) is 10.1 Å². The Morgan fingerprint density at radius 3 is 2.21 bits per heavy atom. The molecular weight excluding hydrogens is 565 g/mol. The maximum Gasteiger partial charge on any atom is 0.243 e. The molecule has 4 rings (SSSR count). The Morgan fingerprint density at radius 2 is 1.56 bits per heavy atom. The Hall–Kier alpha value is -3.72. The van der Waals surface area contributed by atoms with Crippen molar-refractivity contribution in [3.63, 3.8) is 0 Å². The zero-order chi connectivity index (χ0) is 30.8. The summed E-state index contributed by atoms with van der Waals surface area (Å²) in [5.41, 5.74) is 3.02. The molecule has 2 amide bonds. The van der Waals surface area contributed by atoms with E-state index in [2.05, 4.69) is 5.32 Å². The molecule has 230 valence electrons. The Bertz CT molecular complexity index is 1460. The molecule has 0 aromatic heterocycles. The number of halogens is 1. The van der Waals surface area contributed by atoms with Gasteiger partial charge in [0.05, 0.1) is 11.9 Å². The number of anilines is 1. The molecular formula is C34H42FN3O4S. The number of rotatable bonds is 13. The summed E-state index contributed by atoms with van der Waals surface area (Å²) >= 11 is 0. The lowest BCUT2D eigenvalue weighted by Gasteiger charge is -2.34. The van der Waals surface area contributed by atoms with E-state index in [1.54, 1.807) is 29.2 Å². The standard InChI is InChI=1S/C34H42FN3O4S/c1-26-12-9-10-17-31(26)38(43(2,41)42)23-11-18-33(39)37(25-28-19-21-29(35)22-20-28)32(24-27-13-5-3-6-14-27)34(40)36-30-15-7-4-8-16-30/h3,5-6,9-10,12-14,17,19-22,30,32H,4,7-8,11,15-16,18,23-25H2,1-2H3,(H,36,40)/t32-/m0/s1. The van der Waals surface area contributed by atoms with Gasteiger partial charge in [-0.2, -0.15) is 0 Å². The number of hydrogen-bond donors (Lipinski definition) is 1. The van der Waals surface area contributed by atoms with Crippen molar-refractivity contribution in [2.75, 3.05) is 17.1 Å². The number of amides is 2. The van der Waals surface area contributed by atoms with Gasteiger partial charge in [-0.3, -0.25) is 13.9 Å². The normalized spacial score (nSPS) is 14.6. The molecule has 0 heterocycles. The second-order valence-corrected chi connectivity index (χ2v) is 13.3.